The van der Waals surface area contributed by atoms with Crippen LogP contribution in [-0.4, -0.2) is 15.6 Å². The number of halogens is 3. The van der Waals surface area contributed by atoms with Gasteiger partial charge in [-0.05, 0) is 13.0 Å². The fraction of sp³-hybridized carbons (Fsp3) is 0.375. The van der Waals surface area contributed by atoms with Crippen molar-refractivity contribution in [1.29, 1.82) is 0 Å². The Hall–Kier alpha value is -1.46. The van der Waals surface area contributed by atoms with E-state index in [9.17, 15) is 18.0 Å². The highest BCUT2D eigenvalue weighted by molar-refractivity contribution is 5.89. The van der Waals surface area contributed by atoms with Crippen LogP contribution in [0.4, 0.5) is 13.2 Å². The van der Waals surface area contributed by atoms with Crippen LogP contribution < -0.4 is 0 Å². The van der Waals surface area contributed by atoms with Gasteiger partial charge in [0.05, 0.1) is 5.56 Å². The summed E-state index contributed by atoms with van der Waals surface area (Å²) in [4.78, 5) is 10.5. The summed E-state index contributed by atoms with van der Waals surface area (Å²) in [6.45, 7) is 1.33. The maximum atomic E-state index is 12.3. The van der Waals surface area contributed by atoms with E-state index in [0.29, 0.717) is 6.07 Å². The molecule has 1 heterocycles. The Kier molecular flexibility index (Phi) is 2.31. The largest absolute Gasteiger partial charge is 0.478 e. The number of hydrogen-bond acceptors (Lipinski definition) is 1. The summed E-state index contributed by atoms with van der Waals surface area (Å²) < 4.78 is 37.7. The minimum absolute atomic E-state index is 0.0878. The summed E-state index contributed by atoms with van der Waals surface area (Å²) in [5, 5.41) is 8.59. The van der Waals surface area contributed by atoms with Crippen LogP contribution in [0.3, 0.4) is 0 Å². The van der Waals surface area contributed by atoms with Crippen molar-refractivity contribution in [3.05, 3.63) is 23.0 Å². The molecule has 0 saturated heterocycles. The monoisotopic (exact) mass is 207 g/mol. The second-order valence-corrected chi connectivity index (χ2v) is 2.89. The van der Waals surface area contributed by atoms with E-state index in [1.807, 2.05) is 0 Å². The number of carboxylic acids is 1. The molecule has 0 spiro atoms. The molecule has 0 bridgehead atoms. The number of carbonyl (C=O) groups is 1. The molecule has 0 atom stereocenters. The lowest BCUT2D eigenvalue weighted by atomic mass is 10.2. The lowest BCUT2D eigenvalue weighted by Gasteiger charge is -2.07. The molecule has 6 heteroatoms. The zero-order valence-electron chi connectivity index (χ0n) is 7.51. The van der Waals surface area contributed by atoms with E-state index >= 15 is 0 Å². The number of nitrogens with zero attached hydrogens (tertiary/aromatic N) is 1. The summed E-state index contributed by atoms with van der Waals surface area (Å²) in [6, 6.07) is 0.637. The summed E-state index contributed by atoms with van der Waals surface area (Å²) in [5.74, 6) is -1.35. The first-order valence-corrected chi connectivity index (χ1v) is 3.72. The highest BCUT2D eigenvalue weighted by atomic mass is 19.4. The average Bonchev–Trinajstić information content (AvgIpc) is 2.28. The van der Waals surface area contributed by atoms with Crippen LogP contribution in [0.15, 0.2) is 6.07 Å². The predicted octanol–water partition coefficient (Wildman–Crippen LogP) is 2.05. The number of aromatic nitrogens is 1. The van der Waals surface area contributed by atoms with Crippen LogP contribution in [0.1, 0.15) is 21.7 Å². The molecule has 0 radical (unpaired) electrons. The molecule has 78 valence electrons. The molecule has 1 aromatic heterocycles. The van der Waals surface area contributed by atoms with Crippen molar-refractivity contribution in [3.63, 3.8) is 0 Å². The Morgan fingerprint density at radius 2 is 2.00 bits per heavy atom. The second kappa shape index (κ2) is 3.04. The molecule has 0 saturated carbocycles. The second-order valence-electron chi connectivity index (χ2n) is 2.89. The molecule has 0 aliphatic heterocycles. The Bertz CT molecular complexity index is 379. The Morgan fingerprint density at radius 3 is 2.21 bits per heavy atom. The van der Waals surface area contributed by atoms with Gasteiger partial charge in [0, 0.05) is 12.7 Å². The zero-order chi connectivity index (χ0) is 11.1. The Labute approximate surface area is 77.8 Å². The molecule has 0 aromatic carbocycles. The quantitative estimate of drug-likeness (QED) is 0.765. The van der Waals surface area contributed by atoms with Crippen molar-refractivity contribution in [3.8, 4) is 0 Å². The average molecular weight is 207 g/mol. The fourth-order valence-corrected chi connectivity index (χ4v) is 1.19. The van der Waals surface area contributed by atoms with Crippen molar-refractivity contribution in [2.45, 2.75) is 13.1 Å². The first-order valence-electron chi connectivity index (χ1n) is 3.72. The first-order chi connectivity index (χ1) is 6.25. The summed E-state index contributed by atoms with van der Waals surface area (Å²) >= 11 is 0. The van der Waals surface area contributed by atoms with Crippen LogP contribution in [-0.2, 0) is 13.2 Å². The SMILES string of the molecule is Cc1c(C(=O)O)cc(C(F)(F)F)n1C. The van der Waals surface area contributed by atoms with E-state index in [2.05, 4.69) is 0 Å². The molecule has 1 aromatic rings. The van der Waals surface area contributed by atoms with Crippen molar-refractivity contribution >= 4 is 5.97 Å². The van der Waals surface area contributed by atoms with Crippen LogP contribution in [0.2, 0.25) is 0 Å². The minimum Gasteiger partial charge on any atom is -0.478 e. The lowest BCUT2D eigenvalue weighted by molar-refractivity contribution is -0.143. The van der Waals surface area contributed by atoms with Crippen LogP contribution in [0.5, 0.6) is 0 Å². The summed E-state index contributed by atoms with van der Waals surface area (Å²) in [7, 11) is 1.19. The van der Waals surface area contributed by atoms with E-state index in [1.165, 1.54) is 14.0 Å². The molecule has 1 rings (SSSR count). The predicted molar refractivity (Wildman–Crippen MR) is 42.1 cm³/mol. The van der Waals surface area contributed by atoms with Crippen LogP contribution in [0.25, 0.3) is 0 Å². The normalized spacial score (nSPS) is 11.8. The number of carboxylic acid groups (broad SMARTS) is 1. The van der Waals surface area contributed by atoms with Crippen LogP contribution >= 0.6 is 0 Å². The highest BCUT2D eigenvalue weighted by Crippen LogP contribution is 2.31. The smallest absolute Gasteiger partial charge is 0.431 e. The van der Waals surface area contributed by atoms with Crippen molar-refractivity contribution in [2.75, 3.05) is 0 Å². The Morgan fingerprint density at radius 1 is 1.50 bits per heavy atom. The third-order valence-electron chi connectivity index (χ3n) is 2.06. The molecule has 14 heavy (non-hydrogen) atoms. The van der Waals surface area contributed by atoms with Gasteiger partial charge in [-0.15, -0.1) is 0 Å². The van der Waals surface area contributed by atoms with E-state index in [1.54, 1.807) is 0 Å². The van der Waals surface area contributed by atoms with E-state index in [-0.39, 0.29) is 11.3 Å². The van der Waals surface area contributed by atoms with Crippen molar-refractivity contribution in [2.24, 2.45) is 7.05 Å². The molecule has 0 unspecified atom stereocenters. The fourth-order valence-electron chi connectivity index (χ4n) is 1.19. The van der Waals surface area contributed by atoms with Crippen molar-refractivity contribution in [1.82, 2.24) is 4.57 Å². The summed E-state index contributed by atoms with van der Waals surface area (Å²) in [6.07, 6.45) is -4.52. The van der Waals surface area contributed by atoms with Gasteiger partial charge >= 0.3 is 12.1 Å². The van der Waals surface area contributed by atoms with Gasteiger partial charge in [-0.3, -0.25) is 0 Å². The molecule has 0 fully saturated rings. The van der Waals surface area contributed by atoms with Crippen LogP contribution in [0, 0.1) is 6.92 Å². The number of rotatable bonds is 1. The van der Waals surface area contributed by atoms with Gasteiger partial charge in [-0.25, -0.2) is 4.79 Å². The molecular formula is C8H8F3NO2. The first kappa shape index (κ1) is 10.6. The minimum atomic E-state index is -4.52. The highest BCUT2D eigenvalue weighted by Gasteiger charge is 2.35. The van der Waals surface area contributed by atoms with E-state index in [4.69, 9.17) is 5.11 Å². The maximum absolute atomic E-state index is 12.3. The molecular weight excluding hydrogens is 199 g/mol. The number of aromatic carboxylic acids is 1. The van der Waals surface area contributed by atoms with Gasteiger partial charge in [0.2, 0.25) is 0 Å². The third-order valence-corrected chi connectivity index (χ3v) is 2.06. The molecule has 3 nitrogen and oxygen atoms in total. The molecule has 0 aliphatic carbocycles. The topological polar surface area (TPSA) is 42.2 Å². The van der Waals surface area contributed by atoms with Gasteiger partial charge < -0.3 is 9.67 Å². The number of hydrogen-bond donors (Lipinski definition) is 1. The lowest BCUT2D eigenvalue weighted by Crippen LogP contribution is -2.11. The standard InChI is InChI=1S/C8H8F3NO2/c1-4-5(7(13)14)3-6(12(4)2)8(9,10)11/h3H,1-2H3,(H,13,14). The van der Waals surface area contributed by atoms with Gasteiger partial charge in [0.1, 0.15) is 5.69 Å². The third kappa shape index (κ3) is 1.59. The van der Waals surface area contributed by atoms with E-state index < -0.39 is 17.8 Å². The maximum Gasteiger partial charge on any atom is 0.431 e. The van der Waals surface area contributed by atoms with Gasteiger partial charge in [0.15, 0.2) is 0 Å². The molecule has 1 N–H and O–H groups in total. The Balaban J connectivity index is 3.37. The van der Waals surface area contributed by atoms with Gasteiger partial charge in [0.25, 0.3) is 0 Å². The van der Waals surface area contributed by atoms with Gasteiger partial charge in [-0.1, -0.05) is 0 Å². The molecule has 0 amide bonds. The van der Waals surface area contributed by atoms with E-state index in [0.717, 1.165) is 4.57 Å². The zero-order valence-corrected chi connectivity index (χ0v) is 7.51. The van der Waals surface area contributed by atoms with Gasteiger partial charge in [-0.2, -0.15) is 13.2 Å². The molecule has 0 aliphatic rings. The number of alkyl halides is 3. The summed E-state index contributed by atoms with van der Waals surface area (Å²) in [5.41, 5.74) is -1.18. The van der Waals surface area contributed by atoms with Crippen molar-refractivity contribution < 1.29 is 23.1 Å².